The molecule has 1 heterocycles. The summed E-state index contributed by atoms with van der Waals surface area (Å²) in [5.41, 5.74) is 0. The molecule has 0 aromatic heterocycles. The van der Waals surface area contributed by atoms with E-state index in [-0.39, 0.29) is 0 Å². The maximum absolute atomic E-state index is 12.3. The van der Waals surface area contributed by atoms with Gasteiger partial charge < -0.3 is 4.90 Å². The van der Waals surface area contributed by atoms with E-state index in [1.165, 1.54) is 44.9 Å². The zero-order chi connectivity index (χ0) is 13.4. The molecule has 1 saturated heterocycles. The van der Waals surface area contributed by atoms with Crippen LogP contribution in [0.25, 0.3) is 0 Å². The van der Waals surface area contributed by atoms with E-state index in [4.69, 9.17) is 0 Å². The van der Waals surface area contributed by atoms with E-state index in [1.54, 1.807) is 0 Å². The van der Waals surface area contributed by atoms with Gasteiger partial charge in [-0.1, -0.05) is 33.1 Å². The van der Waals surface area contributed by atoms with Gasteiger partial charge in [0, 0.05) is 6.04 Å². The standard InChI is InChI=1S/C16H28N2O/c1-3-12-8-9-14(11(12)2)18-15(19)10-17-16(18)13-6-4-5-7-13/h11-14,16-17H,3-10H2,1-2H3. The molecular formula is C16H28N2O. The molecule has 0 spiro atoms. The van der Waals surface area contributed by atoms with Gasteiger partial charge in [0.25, 0.3) is 0 Å². The lowest BCUT2D eigenvalue weighted by atomic mass is 9.92. The SMILES string of the molecule is CCC1CCC(N2C(=O)CNC2C2CCCC2)C1C. The van der Waals surface area contributed by atoms with E-state index in [1.807, 2.05) is 0 Å². The number of hydrogen-bond donors (Lipinski definition) is 1. The molecule has 4 unspecified atom stereocenters. The van der Waals surface area contributed by atoms with Gasteiger partial charge in [-0.15, -0.1) is 0 Å². The quantitative estimate of drug-likeness (QED) is 0.850. The van der Waals surface area contributed by atoms with Crippen molar-refractivity contribution in [1.82, 2.24) is 10.2 Å². The second-order valence-electron chi connectivity index (χ2n) is 6.84. The van der Waals surface area contributed by atoms with Crippen molar-refractivity contribution < 1.29 is 4.79 Å². The van der Waals surface area contributed by atoms with Crippen LogP contribution in [0.1, 0.15) is 58.8 Å². The lowest BCUT2D eigenvalue weighted by Gasteiger charge is -2.36. The summed E-state index contributed by atoms with van der Waals surface area (Å²) in [6.07, 6.45) is 9.45. The van der Waals surface area contributed by atoms with Gasteiger partial charge >= 0.3 is 0 Å². The van der Waals surface area contributed by atoms with Crippen LogP contribution in [0.15, 0.2) is 0 Å². The van der Waals surface area contributed by atoms with E-state index in [0.29, 0.717) is 36.5 Å². The van der Waals surface area contributed by atoms with E-state index in [2.05, 4.69) is 24.1 Å². The van der Waals surface area contributed by atoms with Crippen LogP contribution in [0.3, 0.4) is 0 Å². The predicted molar refractivity (Wildman–Crippen MR) is 76.6 cm³/mol. The molecular weight excluding hydrogens is 236 g/mol. The molecule has 2 aliphatic carbocycles. The van der Waals surface area contributed by atoms with Gasteiger partial charge in [0.1, 0.15) is 0 Å². The first-order valence-electron chi connectivity index (χ1n) is 8.27. The van der Waals surface area contributed by atoms with E-state index in [0.717, 1.165) is 5.92 Å². The van der Waals surface area contributed by atoms with Crippen molar-refractivity contribution in [2.45, 2.75) is 71.0 Å². The smallest absolute Gasteiger partial charge is 0.238 e. The normalized spacial score (nSPS) is 40.5. The molecule has 0 aromatic carbocycles. The molecule has 3 heteroatoms. The van der Waals surface area contributed by atoms with Gasteiger partial charge in [-0.25, -0.2) is 0 Å². The topological polar surface area (TPSA) is 32.3 Å². The third kappa shape index (κ3) is 2.31. The Labute approximate surface area is 117 Å². The molecule has 4 atom stereocenters. The molecule has 0 radical (unpaired) electrons. The van der Waals surface area contributed by atoms with Crippen molar-refractivity contribution in [2.24, 2.45) is 17.8 Å². The van der Waals surface area contributed by atoms with Crippen molar-refractivity contribution >= 4 is 5.91 Å². The molecule has 108 valence electrons. The van der Waals surface area contributed by atoms with Crippen molar-refractivity contribution in [3.63, 3.8) is 0 Å². The Kier molecular flexibility index (Phi) is 3.84. The fraction of sp³-hybridized carbons (Fsp3) is 0.938. The first-order chi connectivity index (χ1) is 9.22. The average molecular weight is 264 g/mol. The summed E-state index contributed by atoms with van der Waals surface area (Å²) in [7, 11) is 0. The van der Waals surface area contributed by atoms with Crippen LogP contribution in [0.5, 0.6) is 0 Å². The number of carbonyl (C=O) groups is 1. The van der Waals surface area contributed by atoms with Crippen LogP contribution in [0, 0.1) is 17.8 Å². The highest BCUT2D eigenvalue weighted by atomic mass is 16.2. The van der Waals surface area contributed by atoms with Crippen LogP contribution >= 0.6 is 0 Å². The van der Waals surface area contributed by atoms with Gasteiger partial charge in [-0.05, 0) is 43.4 Å². The van der Waals surface area contributed by atoms with Crippen molar-refractivity contribution in [2.75, 3.05) is 6.54 Å². The molecule has 3 fully saturated rings. The Morgan fingerprint density at radius 1 is 1.21 bits per heavy atom. The second-order valence-corrected chi connectivity index (χ2v) is 6.84. The Hall–Kier alpha value is -0.570. The lowest BCUT2D eigenvalue weighted by molar-refractivity contribution is -0.132. The molecule has 3 aliphatic rings. The summed E-state index contributed by atoms with van der Waals surface area (Å²) >= 11 is 0. The zero-order valence-corrected chi connectivity index (χ0v) is 12.4. The first kappa shape index (κ1) is 13.4. The number of nitrogens with one attached hydrogen (secondary N) is 1. The van der Waals surface area contributed by atoms with Crippen LogP contribution in [-0.2, 0) is 4.79 Å². The Morgan fingerprint density at radius 2 is 1.95 bits per heavy atom. The predicted octanol–water partition coefficient (Wildman–Crippen LogP) is 2.76. The summed E-state index contributed by atoms with van der Waals surface area (Å²) < 4.78 is 0. The fourth-order valence-corrected chi connectivity index (χ4v) is 4.79. The van der Waals surface area contributed by atoms with Gasteiger partial charge in [0.2, 0.25) is 5.91 Å². The fourth-order valence-electron chi connectivity index (χ4n) is 4.79. The Morgan fingerprint density at radius 3 is 2.58 bits per heavy atom. The lowest BCUT2D eigenvalue weighted by Crippen LogP contribution is -2.49. The van der Waals surface area contributed by atoms with Crippen LogP contribution in [0.4, 0.5) is 0 Å². The van der Waals surface area contributed by atoms with Gasteiger partial charge in [-0.3, -0.25) is 10.1 Å². The molecule has 1 N–H and O–H groups in total. The van der Waals surface area contributed by atoms with Gasteiger partial charge in [-0.2, -0.15) is 0 Å². The summed E-state index contributed by atoms with van der Waals surface area (Å²) in [6.45, 7) is 5.23. The van der Waals surface area contributed by atoms with E-state index >= 15 is 0 Å². The minimum absolute atomic E-state index is 0.345. The average Bonchev–Trinajstić information content (AvgIpc) is 3.09. The van der Waals surface area contributed by atoms with Crippen LogP contribution < -0.4 is 5.32 Å². The number of amides is 1. The van der Waals surface area contributed by atoms with Gasteiger partial charge in [0.15, 0.2) is 0 Å². The number of rotatable bonds is 3. The number of hydrogen-bond acceptors (Lipinski definition) is 2. The molecule has 3 rings (SSSR count). The molecule has 0 bridgehead atoms. The monoisotopic (exact) mass is 264 g/mol. The zero-order valence-electron chi connectivity index (χ0n) is 12.4. The highest BCUT2D eigenvalue weighted by molar-refractivity contribution is 5.81. The molecule has 1 amide bonds. The molecule has 2 saturated carbocycles. The number of nitrogens with zero attached hydrogens (tertiary/aromatic N) is 1. The summed E-state index contributed by atoms with van der Waals surface area (Å²) in [5.74, 6) is 2.56. The van der Waals surface area contributed by atoms with Crippen molar-refractivity contribution in [3.8, 4) is 0 Å². The Balaban J connectivity index is 1.75. The largest absolute Gasteiger partial charge is 0.323 e. The second kappa shape index (κ2) is 5.43. The summed E-state index contributed by atoms with van der Waals surface area (Å²) in [5, 5.41) is 3.51. The van der Waals surface area contributed by atoms with E-state index < -0.39 is 0 Å². The third-order valence-electron chi connectivity index (χ3n) is 5.96. The third-order valence-corrected chi connectivity index (χ3v) is 5.96. The molecule has 19 heavy (non-hydrogen) atoms. The van der Waals surface area contributed by atoms with Gasteiger partial charge in [0.05, 0.1) is 12.7 Å². The minimum atomic E-state index is 0.345. The van der Waals surface area contributed by atoms with Crippen LogP contribution in [0.2, 0.25) is 0 Å². The first-order valence-corrected chi connectivity index (χ1v) is 8.27. The minimum Gasteiger partial charge on any atom is -0.323 e. The van der Waals surface area contributed by atoms with Crippen LogP contribution in [-0.4, -0.2) is 29.6 Å². The number of carbonyl (C=O) groups excluding carboxylic acids is 1. The maximum Gasteiger partial charge on any atom is 0.238 e. The van der Waals surface area contributed by atoms with Crippen molar-refractivity contribution in [1.29, 1.82) is 0 Å². The van der Waals surface area contributed by atoms with E-state index in [9.17, 15) is 4.79 Å². The Bertz CT molecular complexity index is 338. The molecule has 0 aromatic rings. The summed E-state index contributed by atoms with van der Waals surface area (Å²) in [4.78, 5) is 14.6. The summed E-state index contributed by atoms with van der Waals surface area (Å²) in [6, 6.07) is 0.498. The highest BCUT2D eigenvalue weighted by Crippen LogP contribution is 2.40. The highest BCUT2D eigenvalue weighted by Gasteiger charge is 2.45. The maximum atomic E-state index is 12.3. The molecule has 3 nitrogen and oxygen atoms in total. The molecule has 1 aliphatic heterocycles. The van der Waals surface area contributed by atoms with Crippen molar-refractivity contribution in [3.05, 3.63) is 0 Å².